The summed E-state index contributed by atoms with van der Waals surface area (Å²) in [6, 6.07) is 4.76. The largest absolute Gasteiger partial charge is 0.398 e. The molecular formula is C11H18N2O4S. The first-order chi connectivity index (χ1) is 8.25. The molecule has 0 heterocycles. The Morgan fingerprint density at radius 2 is 1.89 bits per heavy atom. The normalized spacial score (nSPS) is 12.7. The first-order valence-electron chi connectivity index (χ1n) is 5.36. The fraction of sp³-hybridized carbons (Fsp3) is 0.455. The van der Waals surface area contributed by atoms with Gasteiger partial charge in [-0.05, 0) is 25.5 Å². The van der Waals surface area contributed by atoms with Gasteiger partial charge in [0, 0.05) is 0 Å². The maximum absolute atomic E-state index is 12.2. The average molecular weight is 274 g/mol. The second kappa shape index (κ2) is 5.23. The summed E-state index contributed by atoms with van der Waals surface area (Å²) in [5.41, 5.74) is 4.97. The number of benzene rings is 1. The van der Waals surface area contributed by atoms with Crippen molar-refractivity contribution in [1.82, 2.24) is 4.72 Å². The van der Waals surface area contributed by atoms with Gasteiger partial charge in [0.1, 0.15) is 4.90 Å². The predicted molar refractivity (Wildman–Crippen MR) is 68.5 cm³/mol. The van der Waals surface area contributed by atoms with Gasteiger partial charge in [-0.3, -0.25) is 0 Å². The van der Waals surface area contributed by atoms with Crippen molar-refractivity contribution < 1.29 is 18.6 Å². The van der Waals surface area contributed by atoms with Crippen molar-refractivity contribution in [1.29, 1.82) is 0 Å². The molecule has 0 aliphatic rings. The zero-order chi connectivity index (χ0) is 14.0. The first-order valence-corrected chi connectivity index (χ1v) is 6.85. The van der Waals surface area contributed by atoms with Crippen molar-refractivity contribution >= 4 is 15.7 Å². The van der Waals surface area contributed by atoms with E-state index in [4.69, 9.17) is 15.9 Å². The standard InChI is InChI=1S/C11H18N2O4S/c1-8-4-3-5-9(12)10(8)18(16,17)13-11(2,6-14)7-15/h3-5,13-15H,6-7,12H2,1-2H3. The fourth-order valence-electron chi connectivity index (χ4n) is 1.53. The Balaban J connectivity index is 3.23. The molecule has 5 N–H and O–H groups in total. The van der Waals surface area contributed by atoms with E-state index < -0.39 is 28.8 Å². The highest BCUT2D eigenvalue weighted by Gasteiger charge is 2.31. The Hall–Kier alpha value is -1.15. The monoisotopic (exact) mass is 274 g/mol. The summed E-state index contributed by atoms with van der Waals surface area (Å²) in [6.07, 6.45) is 0. The molecule has 1 rings (SSSR count). The van der Waals surface area contributed by atoms with E-state index in [-0.39, 0.29) is 10.6 Å². The molecule has 1 aromatic carbocycles. The number of sulfonamides is 1. The smallest absolute Gasteiger partial charge is 0.243 e. The van der Waals surface area contributed by atoms with Gasteiger partial charge >= 0.3 is 0 Å². The number of nitrogens with one attached hydrogen (secondary N) is 1. The molecule has 6 nitrogen and oxygen atoms in total. The average Bonchev–Trinajstić information content (AvgIpc) is 2.27. The third kappa shape index (κ3) is 2.99. The van der Waals surface area contributed by atoms with E-state index in [2.05, 4.69) is 4.72 Å². The third-order valence-corrected chi connectivity index (χ3v) is 4.45. The lowest BCUT2D eigenvalue weighted by atomic mass is 10.1. The molecule has 7 heteroatoms. The quantitative estimate of drug-likeness (QED) is 0.546. The number of aliphatic hydroxyl groups excluding tert-OH is 2. The second-order valence-corrected chi connectivity index (χ2v) is 6.09. The van der Waals surface area contributed by atoms with E-state index in [1.165, 1.54) is 13.0 Å². The Bertz CT molecular complexity index is 504. The second-order valence-electron chi connectivity index (χ2n) is 4.48. The van der Waals surface area contributed by atoms with Crippen LogP contribution in [0, 0.1) is 6.92 Å². The molecule has 0 amide bonds. The van der Waals surface area contributed by atoms with Gasteiger partial charge in [0.25, 0.3) is 0 Å². The molecule has 0 bridgehead atoms. The Kier molecular flexibility index (Phi) is 4.33. The van der Waals surface area contributed by atoms with Crippen molar-refractivity contribution in [2.45, 2.75) is 24.3 Å². The van der Waals surface area contributed by atoms with Crippen LogP contribution in [0.2, 0.25) is 0 Å². The lowest BCUT2D eigenvalue weighted by Gasteiger charge is -2.26. The Morgan fingerprint density at radius 1 is 1.33 bits per heavy atom. The molecule has 0 saturated carbocycles. The van der Waals surface area contributed by atoms with E-state index in [1.54, 1.807) is 19.1 Å². The lowest BCUT2D eigenvalue weighted by Crippen LogP contribution is -2.51. The molecule has 0 fully saturated rings. The van der Waals surface area contributed by atoms with E-state index in [1.807, 2.05) is 0 Å². The molecule has 1 aromatic rings. The van der Waals surface area contributed by atoms with Gasteiger partial charge in [-0.2, -0.15) is 0 Å². The predicted octanol–water partition coefficient (Wildman–Crippen LogP) is -0.401. The third-order valence-electron chi connectivity index (χ3n) is 2.59. The van der Waals surface area contributed by atoms with Crippen molar-refractivity contribution in [3.63, 3.8) is 0 Å². The van der Waals surface area contributed by atoms with Crippen LogP contribution in [0.1, 0.15) is 12.5 Å². The van der Waals surface area contributed by atoms with Crippen LogP contribution in [-0.2, 0) is 10.0 Å². The maximum atomic E-state index is 12.2. The van der Waals surface area contributed by atoms with Crippen LogP contribution in [0.25, 0.3) is 0 Å². The van der Waals surface area contributed by atoms with Crippen molar-refractivity contribution in [2.75, 3.05) is 18.9 Å². The molecule has 0 spiro atoms. The molecule has 102 valence electrons. The van der Waals surface area contributed by atoms with E-state index in [0.717, 1.165) is 0 Å². The van der Waals surface area contributed by atoms with Crippen molar-refractivity contribution in [3.8, 4) is 0 Å². The molecule has 0 unspecified atom stereocenters. The summed E-state index contributed by atoms with van der Waals surface area (Å²) >= 11 is 0. The summed E-state index contributed by atoms with van der Waals surface area (Å²) in [7, 11) is -3.90. The van der Waals surface area contributed by atoms with Crippen LogP contribution in [0.15, 0.2) is 23.1 Å². The summed E-state index contributed by atoms with van der Waals surface area (Å²) in [4.78, 5) is -0.0295. The van der Waals surface area contributed by atoms with Gasteiger partial charge < -0.3 is 15.9 Å². The summed E-state index contributed by atoms with van der Waals surface area (Å²) in [5.74, 6) is 0. The SMILES string of the molecule is Cc1cccc(N)c1S(=O)(=O)NC(C)(CO)CO. The minimum absolute atomic E-state index is 0.0295. The fourth-order valence-corrected chi connectivity index (χ4v) is 3.28. The molecule has 0 saturated heterocycles. The molecule has 0 atom stereocenters. The van der Waals surface area contributed by atoms with Crippen LogP contribution in [0.4, 0.5) is 5.69 Å². The van der Waals surface area contributed by atoms with Crippen molar-refractivity contribution in [3.05, 3.63) is 23.8 Å². The van der Waals surface area contributed by atoms with E-state index in [9.17, 15) is 8.42 Å². The summed E-state index contributed by atoms with van der Waals surface area (Å²) < 4.78 is 26.6. The van der Waals surface area contributed by atoms with Crippen LogP contribution < -0.4 is 10.5 Å². The molecule has 18 heavy (non-hydrogen) atoms. The lowest BCUT2D eigenvalue weighted by molar-refractivity contribution is 0.122. The first kappa shape index (κ1) is 14.9. The van der Waals surface area contributed by atoms with Gasteiger partial charge in [0.05, 0.1) is 24.4 Å². The van der Waals surface area contributed by atoms with Gasteiger partial charge in [0.15, 0.2) is 0 Å². The summed E-state index contributed by atoms with van der Waals surface area (Å²) in [5, 5.41) is 18.2. The molecule has 0 aliphatic heterocycles. The van der Waals surface area contributed by atoms with E-state index in [0.29, 0.717) is 5.56 Å². The number of rotatable bonds is 5. The van der Waals surface area contributed by atoms with Gasteiger partial charge in [-0.15, -0.1) is 0 Å². The minimum Gasteiger partial charge on any atom is -0.398 e. The Labute approximate surface area is 106 Å². The highest BCUT2D eigenvalue weighted by atomic mass is 32.2. The van der Waals surface area contributed by atoms with Crippen molar-refractivity contribution in [2.24, 2.45) is 0 Å². The number of aryl methyl sites for hydroxylation is 1. The van der Waals surface area contributed by atoms with Gasteiger partial charge in [-0.1, -0.05) is 12.1 Å². The number of hydrogen-bond donors (Lipinski definition) is 4. The van der Waals surface area contributed by atoms with Crippen LogP contribution in [-0.4, -0.2) is 37.4 Å². The number of nitrogen functional groups attached to an aromatic ring is 1. The Morgan fingerprint density at radius 3 is 2.33 bits per heavy atom. The number of anilines is 1. The van der Waals surface area contributed by atoms with Crippen LogP contribution in [0.5, 0.6) is 0 Å². The highest BCUT2D eigenvalue weighted by molar-refractivity contribution is 7.89. The van der Waals surface area contributed by atoms with Crippen LogP contribution >= 0.6 is 0 Å². The highest BCUT2D eigenvalue weighted by Crippen LogP contribution is 2.23. The molecule has 0 aliphatic carbocycles. The zero-order valence-corrected chi connectivity index (χ0v) is 11.2. The molecule has 0 aromatic heterocycles. The number of nitrogens with two attached hydrogens (primary N) is 1. The number of hydrogen-bond acceptors (Lipinski definition) is 5. The zero-order valence-electron chi connectivity index (χ0n) is 10.3. The topological polar surface area (TPSA) is 113 Å². The molecular weight excluding hydrogens is 256 g/mol. The summed E-state index contributed by atoms with van der Waals surface area (Å²) in [6.45, 7) is 1.99. The number of aliphatic hydroxyl groups is 2. The van der Waals surface area contributed by atoms with Crippen LogP contribution in [0.3, 0.4) is 0 Å². The molecule has 0 radical (unpaired) electrons. The van der Waals surface area contributed by atoms with Gasteiger partial charge in [0.2, 0.25) is 10.0 Å². The maximum Gasteiger partial charge on any atom is 0.243 e. The minimum atomic E-state index is -3.90. The van der Waals surface area contributed by atoms with E-state index >= 15 is 0 Å². The van der Waals surface area contributed by atoms with Gasteiger partial charge in [-0.25, -0.2) is 13.1 Å².